The van der Waals surface area contributed by atoms with Crippen molar-refractivity contribution in [1.29, 1.82) is 0 Å². The summed E-state index contributed by atoms with van der Waals surface area (Å²) in [5.41, 5.74) is 1.15. The number of rotatable bonds is 3. The van der Waals surface area contributed by atoms with E-state index in [2.05, 4.69) is 0 Å². The number of hydrogen-bond acceptors (Lipinski definition) is 3. The summed E-state index contributed by atoms with van der Waals surface area (Å²) < 4.78 is 10.6. The zero-order valence-corrected chi connectivity index (χ0v) is 11.5. The van der Waals surface area contributed by atoms with E-state index >= 15 is 0 Å². The smallest absolute Gasteiger partial charge is 0.228 e. The number of halogens is 1. The summed E-state index contributed by atoms with van der Waals surface area (Å²) in [5.74, 6) is 0.799. The molecule has 0 saturated carbocycles. The minimum Gasteiger partial charge on any atom is -0.497 e. The van der Waals surface area contributed by atoms with Gasteiger partial charge in [0.2, 0.25) is 5.78 Å². The maximum absolute atomic E-state index is 12.3. The number of hydrogen-bond donors (Lipinski definition) is 0. The van der Waals surface area contributed by atoms with E-state index in [-0.39, 0.29) is 11.5 Å². The van der Waals surface area contributed by atoms with Gasteiger partial charge in [0.25, 0.3) is 0 Å². The van der Waals surface area contributed by atoms with Gasteiger partial charge in [0.1, 0.15) is 11.3 Å². The van der Waals surface area contributed by atoms with E-state index < -0.39 is 0 Å². The third-order valence-electron chi connectivity index (χ3n) is 3.08. The first-order chi connectivity index (χ1) is 9.69. The van der Waals surface area contributed by atoms with E-state index in [0.29, 0.717) is 21.9 Å². The molecular formula is C16H11ClO3. The highest BCUT2D eigenvalue weighted by Gasteiger charge is 2.15. The minimum absolute atomic E-state index is 0.181. The van der Waals surface area contributed by atoms with Crippen molar-refractivity contribution in [1.82, 2.24) is 0 Å². The van der Waals surface area contributed by atoms with Crippen LogP contribution in [-0.4, -0.2) is 12.9 Å². The highest BCUT2D eigenvalue weighted by molar-refractivity contribution is 6.35. The number of ketones is 1. The van der Waals surface area contributed by atoms with Gasteiger partial charge in [0, 0.05) is 10.9 Å². The molecule has 0 aliphatic carbocycles. The fourth-order valence-electron chi connectivity index (χ4n) is 2.02. The van der Waals surface area contributed by atoms with Crippen molar-refractivity contribution in [2.24, 2.45) is 0 Å². The van der Waals surface area contributed by atoms with Crippen molar-refractivity contribution >= 4 is 28.4 Å². The zero-order valence-electron chi connectivity index (χ0n) is 10.7. The van der Waals surface area contributed by atoms with Crippen LogP contribution in [0.4, 0.5) is 0 Å². The van der Waals surface area contributed by atoms with Gasteiger partial charge in [-0.2, -0.15) is 0 Å². The Bertz CT molecular complexity index is 772. The second-order valence-corrected chi connectivity index (χ2v) is 4.73. The van der Waals surface area contributed by atoms with Gasteiger partial charge in [-0.15, -0.1) is 0 Å². The Morgan fingerprint density at radius 3 is 2.55 bits per heavy atom. The number of carbonyl (C=O) groups is 1. The fraction of sp³-hybridized carbons (Fsp3) is 0.0625. The lowest BCUT2D eigenvalue weighted by Crippen LogP contribution is -1.99. The average Bonchev–Trinajstić information content (AvgIpc) is 2.92. The maximum atomic E-state index is 12.3. The van der Waals surface area contributed by atoms with Gasteiger partial charge < -0.3 is 9.15 Å². The Balaban J connectivity index is 2.01. The molecule has 0 amide bonds. The lowest BCUT2D eigenvalue weighted by atomic mass is 10.1. The highest BCUT2D eigenvalue weighted by Crippen LogP contribution is 2.28. The maximum Gasteiger partial charge on any atom is 0.228 e. The van der Waals surface area contributed by atoms with Crippen molar-refractivity contribution in [3.63, 3.8) is 0 Å². The first-order valence-corrected chi connectivity index (χ1v) is 6.43. The summed E-state index contributed by atoms with van der Waals surface area (Å²) in [6.07, 6.45) is 0. The van der Waals surface area contributed by atoms with E-state index in [9.17, 15) is 4.79 Å². The third kappa shape index (κ3) is 2.17. The number of furan rings is 1. The molecule has 4 heteroatoms. The largest absolute Gasteiger partial charge is 0.497 e. The normalized spacial score (nSPS) is 10.7. The standard InChI is InChI=1S/C16H11ClO3/c1-19-11-7-5-10(6-8-11)16(18)15-9-12-13(17)3-2-4-14(12)20-15/h2-9H,1H3. The van der Waals surface area contributed by atoms with Crippen molar-refractivity contribution in [3.05, 3.63) is 64.9 Å². The highest BCUT2D eigenvalue weighted by atomic mass is 35.5. The number of ether oxygens (including phenoxy) is 1. The second-order valence-electron chi connectivity index (χ2n) is 4.32. The summed E-state index contributed by atoms with van der Waals surface area (Å²) in [6.45, 7) is 0. The molecule has 3 aromatic rings. The van der Waals surface area contributed by atoms with Crippen LogP contribution < -0.4 is 4.74 Å². The summed E-state index contributed by atoms with van der Waals surface area (Å²) in [4.78, 5) is 12.3. The predicted molar refractivity (Wildman–Crippen MR) is 77.7 cm³/mol. The molecule has 0 N–H and O–H groups in total. The zero-order chi connectivity index (χ0) is 14.1. The van der Waals surface area contributed by atoms with Crippen LogP contribution in [0.25, 0.3) is 11.0 Å². The molecule has 0 unspecified atom stereocenters. The van der Waals surface area contributed by atoms with Gasteiger partial charge in [-0.1, -0.05) is 17.7 Å². The van der Waals surface area contributed by atoms with Crippen LogP contribution in [0.1, 0.15) is 16.1 Å². The summed E-state index contributed by atoms with van der Waals surface area (Å²) in [5, 5.41) is 1.31. The Hall–Kier alpha value is -2.26. The molecule has 3 rings (SSSR count). The lowest BCUT2D eigenvalue weighted by Gasteiger charge is -2.00. The van der Waals surface area contributed by atoms with Crippen molar-refractivity contribution in [2.45, 2.75) is 0 Å². The molecule has 0 saturated heterocycles. The summed E-state index contributed by atoms with van der Waals surface area (Å²) >= 11 is 6.07. The molecule has 1 heterocycles. The Kier molecular flexibility index (Phi) is 3.20. The van der Waals surface area contributed by atoms with Gasteiger partial charge >= 0.3 is 0 Å². The first-order valence-electron chi connectivity index (χ1n) is 6.06. The Morgan fingerprint density at radius 1 is 1.15 bits per heavy atom. The van der Waals surface area contributed by atoms with Crippen LogP contribution >= 0.6 is 11.6 Å². The van der Waals surface area contributed by atoms with Crippen molar-refractivity contribution in [2.75, 3.05) is 7.11 Å². The molecule has 0 atom stereocenters. The lowest BCUT2D eigenvalue weighted by molar-refractivity contribution is 0.101. The van der Waals surface area contributed by atoms with E-state index in [1.54, 1.807) is 55.6 Å². The van der Waals surface area contributed by atoms with E-state index in [0.717, 1.165) is 5.39 Å². The quantitative estimate of drug-likeness (QED) is 0.673. The molecule has 20 heavy (non-hydrogen) atoms. The summed E-state index contributed by atoms with van der Waals surface area (Å²) in [7, 11) is 1.58. The molecule has 1 aromatic heterocycles. The SMILES string of the molecule is COc1ccc(C(=O)c2cc3c(Cl)cccc3o2)cc1. The molecule has 0 radical (unpaired) electrons. The first kappa shape index (κ1) is 12.8. The fourth-order valence-corrected chi connectivity index (χ4v) is 2.24. The Morgan fingerprint density at radius 2 is 1.90 bits per heavy atom. The predicted octanol–water partition coefficient (Wildman–Crippen LogP) is 4.33. The third-order valence-corrected chi connectivity index (χ3v) is 3.41. The van der Waals surface area contributed by atoms with Crippen LogP contribution in [0.15, 0.2) is 52.9 Å². The molecule has 0 aliphatic rings. The number of benzene rings is 2. The van der Waals surface area contributed by atoms with Crippen LogP contribution in [0.5, 0.6) is 5.75 Å². The molecular weight excluding hydrogens is 276 g/mol. The second kappa shape index (κ2) is 5.02. The van der Waals surface area contributed by atoms with Crippen LogP contribution in [0.2, 0.25) is 5.02 Å². The van der Waals surface area contributed by atoms with E-state index in [1.165, 1.54) is 0 Å². The van der Waals surface area contributed by atoms with Gasteiger partial charge in [0.15, 0.2) is 5.76 Å². The van der Waals surface area contributed by atoms with E-state index in [1.807, 2.05) is 0 Å². The van der Waals surface area contributed by atoms with Crippen LogP contribution in [0, 0.1) is 0 Å². The molecule has 3 nitrogen and oxygen atoms in total. The molecule has 0 spiro atoms. The van der Waals surface area contributed by atoms with Crippen molar-refractivity contribution < 1.29 is 13.9 Å². The summed E-state index contributed by atoms with van der Waals surface area (Å²) in [6, 6.07) is 13.9. The minimum atomic E-state index is -0.181. The van der Waals surface area contributed by atoms with Crippen LogP contribution in [-0.2, 0) is 0 Å². The Labute approximate surface area is 120 Å². The number of methoxy groups -OCH3 is 1. The van der Waals surface area contributed by atoms with Crippen molar-refractivity contribution in [3.8, 4) is 5.75 Å². The van der Waals surface area contributed by atoms with Gasteiger partial charge in [-0.25, -0.2) is 0 Å². The van der Waals surface area contributed by atoms with Gasteiger partial charge in [-0.3, -0.25) is 4.79 Å². The number of fused-ring (bicyclic) bond motifs is 1. The van der Waals surface area contributed by atoms with Crippen LogP contribution in [0.3, 0.4) is 0 Å². The average molecular weight is 287 g/mol. The molecule has 0 fully saturated rings. The molecule has 0 bridgehead atoms. The van der Waals surface area contributed by atoms with Gasteiger partial charge in [-0.05, 0) is 42.5 Å². The van der Waals surface area contributed by atoms with Gasteiger partial charge in [0.05, 0.1) is 12.1 Å². The van der Waals surface area contributed by atoms with E-state index in [4.69, 9.17) is 20.8 Å². The molecule has 0 aliphatic heterocycles. The topological polar surface area (TPSA) is 39.4 Å². The molecule has 100 valence electrons. The monoisotopic (exact) mass is 286 g/mol. The molecule has 2 aromatic carbocycles. The number of carbonyl (C=O) groups excluding carboxylic acids is 1.